The maximum atomic E-state index is 10.7. The van der Waals surface area contributed by atoms with Crippen molar-refractivity contribution in [1.82, 2.24) is 14.9 Å². The molecular weight excluding hydrogens is 232 g/mol. The van der Waals surface area contributed by atoms with Crippen molar-refractivity contribution in [2.75, 3.05) is 11.6 Å². The summed E-state index contributed by atoms with van der Waals surface area (Å²) in [4.78, 5) is 10.7. The van der Waals surface area contributed by atoms with Crippen LogP contribution < -0.4 is 5.84 Å². The first-order chi connectivity index (χ1) is 7.66. The Morgan fingerprint density at radius 1 is 1.75 bits per heavy atom. The summed E-state index contributed by atoms with van der Waals surface area (Å²) < 4.78 is 6.67. The minimum Gasteiger partial charge on any atom is -0.479 e. The minimum absolute atomic E-state index is 0.0530. The summed E-state index contributed by atoms with van der Waals surface area (Å²) >= 11 is 1.41. The molecule has 2 atom stereocenters. The number of aromatic nitrogens is 3. The van der Waals surface area contributed by atoms with Crippen LogP contribution in [0.15, 0.2) is 11.5 Å². The zero-order valence-electron chi connectivity index (χ0n) is 8.44. The van der Waals surface area contributed by atoms with Gasteiger partial charge in [0.1, 0.15) is 6.33 Å². The first-order valence-electron chi connectivity index (χ1n) is 4.83. The van der Waals surface area contributed by atoms with Crippen molar-refractivity contribution in [2.24, 2.45) is 0 Å². The Morgan fingerprint density at radius 2 is 2.56 bits per heavy atom. The summed E-state index contributed by atoms with van der Waals surface area (Å²) in [5.74, 6) is 5.28. The number of nitrogens with zero attached hydrogens (tertiary/aromatic N) is 3. The van der Waals surface area contributed by atoms with Gasteiger partial charge in [0, 0.05) is 5.75 Å². The maximum absolute atomic E-state index is 10.7. The van der Waals surface area contributed by atoms with E-state index < -0.39 is 12.1 Å². The largest absolute Gasteiger partial charge is 0.479 e. The molecule has 1 saturated heterocycles. The molecule has 7 nitrogen and oxygen atoms in total. The zero-order valence-corrected chi connectivity index (χ0v) is 9.26. The molecule has 0 radical (unpaired) electrons. The third-order valence-corrected chi connectivity index (χ3v) is 3.41. The first-order valence-corrected chi connectivity index (χ1v) is 5.81. The topological polar surface area (TPSA) is 103 Å². The van der Waals surface area contributed by atoms with Gasteiger partial charge >= 0.3 is 5.97 Å². The van der Waals surface area contributed by atoms with Crippen LogP contribution in [-0.4, -0.2) is 43.9 Å². The molecule has 16 heavy (non-hydrogen) atoms. The van der Waals surface area contributed by atoms with Crippen molar-refractivity contribution in [3.8, 4) is 0 Å². The molecule has 0 amide bonds. The SMILES string of the molecule is Nn1cnnc1SCC1CCC(C(=O)O)O1. The number of rotatable bonds is 4. The van der Waals surface area contributed by atoms with Gasteiger partial charge in [0.25, 0.3) is 0 Å². The lowest BCUT2D eigenvalue weighted by Crippen LogP contribution is -2.21. The van der Waals surface area contributed by atoms with Crippen molar-refractivity contribution < 1.29 is 14.6 Å². The number of nitrogen functional groups attached to an aromatic ring is 1. The normalized spacial score (nSPS) is 24.8. The number of hydrogen-bond donors (Lipinski definition) is 2. The summed E-state index contributed by atoms with van der Waals surface area (Å²) in [5.41, 5.74) is 0. The summed E-state index contributed by atoms with van der Waals surface area (Å²) in [6.07, 6.45) is 2.01. The first kappa shape index (κ1) is 11.2. The van der Waals surface area contributed by atoms with E-state index in [0.717, 1.165) is 6.42 Å². The number of ether oxygens (including phenoxy) is 1. The minimum atomic E-state index is -0.894. The third kappa shape index (κ3) is 2.45. The molecule has 3 N–H and O–H groups in total. The molecule has 0 aliphatic carbocycles. The lowest BCUT2D eigenvalue weighted by molar-refractivity contribution is -0.148. The fourth-order valence-electron chi connectivity index (χ4n) is 1.51. The molecule has 88 valence electrons. The quantitative estimate of drug-likeness (QED) is 0.554. The predicted octanol–water partition coefficient (Wildman–Crippen LogP) is -0.284. The van der Waals surface area contributed by atoms with Crippen LogP contribution in [0.5, 0.6) is 0 Å². The maximum Gasteiger partial charge on any atom is 0.332 e. The molecule has 0 bridgehead atoms. The molecule has 1 aromatic heterocycles. The molecule has 2 heterocycles. The van der Waals surface area contributed by atoms with E-state index in [1.165, 1.54) is 22.8 Å². The van der Waals surface area contributed by atoms with Gasteiger partial charge in [-0.2, -0.15) is 0 Å². The molecule has 1 aromatic rings. The van der Waals surface area contributed by atoms with Gasteiger partial charge in [-0.15, -0.1) is 10.2 Å². The van der Waals surface area contributed by atoms with Crippen molar-refractivity contribution in [3.63, 3.8) is 0 Å². The number of carboxylic acids is 1. The lowest BCUT2D eigenvalue weighted by atomic mass is 10.2. The number of carboxylic acid groups (broad SMARTS) is 1. The van der Waals surface area contributed by atoms with Gasteiger partial charge in [-0.1, -0.05) is 11.8 Å². The zero-order chi connectivity index (χ0) is 11.5. The summed E-state index contributed by atoms with van der Waals surface area (Å²) in [5, 5.41) is 16.8. The van der Waals surface area contributed by atoms with Crippen molar-refractivity contribution >= 4 is 17.7 Å². The Kier molecular flexibility index (Phi) is 3.30. The molecule has 1 aliphatic heterocycles. The fourth-order valence-corrected chi connectivity index (χ4v) is 2.39. The van der Waals surface area contributed by atoms with E-state index in [9.17, 15) is 4.79 Å². The van der Waals surface area contributed by atoms with Gasteiger partial charge in [0.2, 0.25) is 5.16 Å². The molecule has 0 spiro atoms. The highest BCUT2D eigenvalue weighted by atomic mass is 32.2. The third-order valence-electron chi connectivity index (χ3n) is 2.32. The summed E-state index contributed by atoms with van der Waals surface area (Å²) in [6, 6.07) is 0. The van der Waals surface area contributed by atoms with Gasteiger partial charge in [-0.25, -0.2) is 9.47 Å². The van der Waals surface area contributed by atoms with Crippen LogP contribution in [0.25, 0.3) is 0 Å². The smallest absolute Gasteiger partial charge is 0.332 e. The number of thioether (sulfide) groups is 1. The summed E-state index contributed by atoms with van der Waals surface area (Å²) in [7, 11) is 0. The van der Waals surface area contributed by atoms with Crippen molar-refractivity contribution in [2.45, 2.75) is 30.2 Å². The highest BCUT2D eigenvalue weighted by molar-refractivity contribution is 7.99. The van der Waals surface area contributed by atoms with E-state index in [1.54, 1.807) is 0 Å². The van der Waals surface area contributed by atoms with E-state index in [-0.39, 0.29) is 6.10 Å². The van der Waals surface area contributed by atoms with E-state index >= 15 is 0 Å². The average Bonchev–Trinajstić information content (AvgIpc) is 2.83. The number of carbonyl (C=O) groups is 1. The molecule has 0 saturated carbocycles. The highest BCUT2D eigenvalue weighted by Gasteiger charge is 2.30. The lowest BCUT2D eigenvalue weighted by Gasteiger charge is -2.09. The Morgan fingerprint density at radius 3 is 3.12 bits per heavy atom. The molecule has 8 heteroatoms. The van der Waals surface area contributed by atoms with Gasteiger partial charge < -0.3 is 15.7 Å². The van der Waals surface area contributed by atoms with Gasteiger partial charge in [0.05, 0.1) is 6.10 Å². The Labute approximate surface area is 95.9 Å². The van der Waals surface area contributed by atoms with Crippen LogP contribution in [0, 0.1) is 0 Å². The highest BCUT2D eigenvalue weighted by Crippen LogP contribution is 2.25. The number of hydrogen-bond acceptors (Lipinski definition) is 6. The van der Waals surface area contributed by atoms with Crippen LogP contribution in [0.3, 0.4) is 0 Å². The van der Waals surface area contributed by atoms with Crippen molar-refractivity contribution in [1.29, 1.82) is 0 Å². The molecule has 2 rings (SSSR count). The van der Waals surface area contributed by atoms with E-state index in [4.69, 9.17) is 15.7 Å². The molecule has 1 fully saturated rings. The van der Waals surface area contributed by atoms with E-state index in [2.05, 4.69) is 10.2 Å². The molecular formula is C8H12N4O3S. The molecule has 1 aliphatic rings. The van der Waals surface area contributed by atoms with Crippen LogP contribution in [0.2, 0.25) is 0 Å². The Balaban J connectivity index is 1.80. The Hall–Kier alpha value is -1.28. The van der Waals surface area contributed by atoms with Gasteiger partial charge in [-0.3, -0.25) is 0 Å². The second-order valence-corrected chi connectivity index (χ2v) is 4.48. The standard InChI is InChI=1S/C8H12N4O3S/c9-12-4-10-11-8(12)16-3-5-1-2-6(15-5)7(13)14/h4-6H,1-3,9H2,(H,13,14). The number of aliphatic carboxylic acids is 1. The van der Waals surface area contributed by atoms with Crippen LogP contribution in [0.4, 0.5) is 0 Å². The van der Waals surface area contributed by atoms with E-state index in [1.807, 2.05) is 0 Å². The van der Waals surface area contributed by atoms with Gasteiger partial charge in [-0.05, 0) is 12.8 Å². The Bertz CT molecular complexity index is 383. The van der Waals surface area contributed by atoms with Crippen LogP contribution in [0.1, 0.15) is 12.8 Å². The monoisotopic (exact) mass is 244 g/mol. The van der Waals surface area contributed by atoms with Crippen LogP contribution in [-0.2, 0) is 9.53 Å². The van der Waals surface area contributed by atoms with Crippen LogP contribution >= 0.6 is 11.8 Å². The van der Waals surface area contributed by atoms with E-state index in [0.29, 0.717) is 17.3 Å². The second-order valence-electron chi connectivity index (χ2n) is 3.49. The summed E-state index contributed by atoms with van der Waals surface area (Å²) in [6.45, 7) is 0. The number of nitrogens with two attached hydrogens (primary N) is 1. The fraction of sp³-hybridized carbons (Fsp3) is 0.625. The second kappa shape index (κ2) is 4.71. The average molecular weight is 244 g/mol. The predicted molar refractivity (Wildman–Crippen MR) is 56.4 cm³/mol. The molecule has 2 unspecified atom stereocenters. The molecule has 0 aromatic carbocycles. The van der Waals surface area contributed by atoms with Crippen molar-refractivity contribution in [3.05, 3.63) is 6.33 Å². The van der Waals surface area contributed by atoms with Gasteiger partial charge in [0.15, 0.2) is 6.10 Å².